The van der Waals surface area contributed by atoms with Gasteiger partial charge in [0, 0.05) is 29.7 Å². The molecule has 2 aromatic carbocycles. The smallest absolute Gasteiger partial charge is 0.191 e. The van der Waals surface area contributed by atoms with E-state index in [4.69, 9.17) is 0 Å². The number of hydrogen-bond donors (Lipinski definition) is 1. The van der Waals surface area contributed by atoms with E-state index in [1.54, 1.807) is 11.3 Å². The van der Waals surface area contributed by atoms with Crippen molar-refractivity contribution in [1.82, 2.24) is 4.98 Å². The van der Waals surface area contributed by atoms with E-state index in [0.717, 1.165) is 27.0 Å². The fourth-order valence-electron chi connectivity index (χ4n) is 3.21. The molecule has 2 aromatic heterocycles. The maximum absolute atomic E-state index is 13.5. The molecule has 0 saturated carbocycles. The topological polar surface area (TPSA) is 36.1 Å². The van der Waals surface area contributed by atoms with Crippen molar-refractivity contribution < 1.29 is 4.79 Å². The first-order valence-electron chi connectivity index (χ1n) is 8.17. The summed E-state index contributed by atoms with van der Waals surface area (Å²) in [5.74, 6) is 0.0968. The Bertz CT molecular complexity index is 989. The van der Waals surface area contributed by atoms with Gasteiger partial charge in [0.15, 0.2) is 5.78 Å². The number of Topliss-reactive ketones (excluding diaryl/α,β-unsaturated/α-hetero) is 1. The number of rotatable bonds is 5. The van der Waals surface area contributed by atoms with Crippen LogP contribution in [-0.2, 0) is 0 Å². The Morgan fingerprint density at radius 3 is 2.52 bits per heavy atom. The molecule has 1 N–H and O–H groups in total. The number of carbonyl (C=O) groups is 1. The fraction of sp³-hybridized carbons (Fsp3) is 0.0952. The summed E-state index contributed by atoms with van der Waals surface area (Å²) in [7, 11) is 1.98. The number of fused-ring (bicyclic) bond motifs is 1. The predicted molar refractivity (Wildman–Crippen MR) is 105 cm³/mol. The molecular weight excluding hydrogens is 328 g/mol. The van der Waals surface area contributed by atoms with E-state index in [-0.39, 0.29) is 11.8 Å². The van der Waals surface area contributed by atoms with Crippen molar-refractivity contribution >= 4 is 33.0 Å². The van der Waals surface area contributed by atoms with Crippen LogP contribution in [0.4, 0.5) is 5.00 Å². The van der Waals surface area contributed by atoms with Crippen molar-refractivity contribution in [1.29, 1.82) is 0 Å². The van der Waals surface area contributed by atoms with Crippen molar-refractivity contribution in [3.63, 3.8) is 0 Å². The van der Waals surface area contributed by atoms with Crippen LogP contribution in [0.1, 0.15) is 22.0 Å². The molecule has 4 rings (SSSR count). The lowest BCUT2D eigenvalue weighted by Gasteiger charge is -2.28. The van der Waals surface area contributed by atoms with Crippen LogP contribution < -0.4 is 4.90 Å². The second-order valence-electron chi connectivity index (χ2n) is 5.99. The number of H-pyrrole nitrogens is 1. The highest BCUT2D eigenvalue weighted by atomic mass is 32.1. The number of ketones is 1. The number of likely N-dealkylation sites (N-methyl/N-ethyl adjacent to an activating group) is 1. The van der Waals surface area contributed by atoms with Crippen LogP contribution in [0.15, 0.2) is 78.3 Å². The Balaban J connectivity index is 1.81. The fourth-order valence-corrected chi connectivity index (χ4v) is 3.93. The molecule has 4 aromatic rings. The average Bonchev–Trinajstić information content (AvgIpc) is 3.32. The second-order valence-corrected chi connectivity index (χ2v) is 6.91. The van der Waals surface area contributed by atoms with Gasteiger partial charge in [0.05, 0.1) is 5.00 Å². The summed E-state index contributed by atoms with van der Waals surface area (Å²) in [6.07, 6.45) is 1.82. The van der Waals surface area contributed by atoms with Gasteiger partial charge in [0.2, 0.25) is 0 Å². The first kappa shape index (κ1) is 15.7. The maximum Gasteiger partial charge on any atom is 0.191 e. The number of hydrogen-bond acceptors (Lipinski definition) is 3. The predicted octanol–water partition coefficient (Wildman–Crippen LogP) is 5.29. The minimum atomic E-state index is -0.362. The van der Waals surface area contributed by atoms with Crippen LogP contribution in [0.2, 0.25) is 0 Å². The third kappa shape index (κ3) is 2.85. The van der Waals surface area contributed by atoms with Crippen LogP contribution in [0.3, 0.4) is 0 Å². The molecule has 0 saturated heterocycles. The number of anilines is 1. The quantitative estimate of drug-likeness (QED) is 0.498. The molecule has 1 unspecified atom stereocenters. The summed E-state index contributed by atoms with van der Waals surface area (Å²) < 4.78 is 0. The van der Waals surface area contributed by atoms with Gasteiger partial charge in [-0.1, -0.05) is 48.5 Å². The van der Waals surface area contributed by atoms with Gasteiger partial charge in [-0.25, -0.2) is 0 Å². The van der Waals surface area contributed by atoms with Gasteiger partial charge >= 0.3 is 0 Å². The Kier molecular flexibility index (Phi) is 4.12. The normalized spacial score (nSPS) is 12.2. The van der Waals surface area contributed by atoms with E-state index in [1.165, 1.54) is 0 Å². The van der Waals surface area contributed by atoms with E-state index in [0.29, 0.717) is 0 Å². The molecule has 1 atom stereocenters. The van der Waals surface area contributed by atoms with E-state index in [2.05, 4.69) is 9.88 Å². The van der Waals surface area contributed by atoms with Gasteiger partial charge in [-0.05, 0) is 29.1 Å². The summed E-state index contributed by atoms with van der Waals surface area (Å²) in [6, 6.07) is 21.6. The number of aromatic amines is 1. The third-order valence-electron chi connectivity index (χ3n) is 4.46. The van der Waals surface area contributed by atoms with E-state index >= 15 is 0 Å². The molecule has 0 radical (unpaired) electrons. The van der Waals surface area contributed by atoms with Gasteiger partial charge < -0.3 is 9.88 Å². The van der Waals surface area contributed by atoms with E-state index in [9.17, 15) is 4.79 Å². The minimum Gasteiger partial charge on any atom is -0.360 e. The van der Waals surface area contributed by atoms with Crippen molar-refractivity contribution in [2.45, 2.75) is 6.04 Å². The molecule has 0 aliphatic rings. The zero-order chi connectivity index (χ0) is 17.2. The van der Waals surface area contributed by atoms with Crippen LogP contribution in [0, 0.1) is 0 Å². The largest absolute Gasteiger partial charge is 0.360 e. The van der Waals surface area contributed by atoms with Gasteiger partial charge in [-0.3, -0.25) is 4.79 Å². The maximum atomic E-state index is 13.5. The van der Waals surface area contributed by atoms with Crippen molar-refractivity contribution in [2.75, 3.05) is 11.9 Å². The van der Waals surface area contributed by atoms with E-state index in [1.807, 2.05) is 85.4 Å². The van der Waals surface area contributed by atoms with Crippen molar-refractivity contribution in [3.05, 3.63) is 89.4 Å². The molecule has 124 valence electrons. The lowest BCUT2D eigenvalue weighted by atomic mass is 9.96. The molecule has 0 aliphatic carbocycles. The summed E-state index contributed by atoms with van der Waals surface area (Å²) in [5.41, 5.74) is 2.71. The van der Waals surface area contributed by atoms with Crippen LogP contribution in [0.25, 0.3) is 10.9 Å². The standard InChI is InChI=1S/C21H18N2OS/c1-23(19-12-7-13-25-19)20(15-8-3-2-4-9-15)21(24)17-14-22-18-11-6-5-10-16(17)18/h2-14,20,22H,1H3. The molecule has 25 heavy (non-hydrogen) atoms. The molecule has 0 aliphatic heterocycles. The molecule has 0 spiro atoms. The Morgan fingerprint density at radius 1 is 1.00 bits per heavy atom. The molecule has 3 nitrogen and oxygen atoms in total. The lowest BCUT2D eigenvalue weighted by molar-refractivity contribution is 0.0961. The van der Waals surface area contributed by atoms with Gasteiger partial charge in [-0.15, -0.1) is 11.3 Å². The van der Waals surface area contributed by atoms with Crippen LogP contribution in [0.5, 0.6) is 0 Å². The average molecular weight is 346 g/mol. The number of carbonyl (C=O) groups excluding carboxylic acids is 1. The van der Waals surface area contributed by atoms with Gasteiger partial charge in [-0.2, -0.15) is 0 Å². The third-order valence-corrected chi connectivity index (χ3v) is 5.42. The molecule has 2 heterocycles. The number of benzene rings is 2. The van der Waals surface area contributed by atoms with Crippen LogP contribution >= 0.6 is 11.3 Å². The number of nitrogens with zero attached hydrogens (tertiary/aromatic N) is 1. The number of aromatic nitrogens is 1. The molecular formula is C21H18N2OS. The second kappa shape index (κ2) is 6.57. The molecule has 0 fully saturated rings. The Morgan fingerprint density at radius 2 is 1.76 bits per heavy atom. The lowest BCUT2D eigenvalue weighted by Crippen LogP contribution is -2.30. The highest BCUT2D eigenvalue weighted by molar-refractivity contribution is 7.14. The highest BCUT2D eigenvalue weighted by Gasteiger charge is 2.28. The highest BCUT2D eigenvalue weighted by Crippen LogP contribution is 2.33. The van der Waals surface area contributed by atoms with Crippen molar-refractivity contribution in [2.24, 2.45) is 0 Å². The van der Waals surface area contributed by atoms with E-state index < -0.39 is 0 Å². The summed E-state index contributed by atoms with van der Waals surface area (Å²) in [4.78, 5) is 18.8. The summed E-state index contributed by atoms with van der Waals surface area (Å²) in [5, 5.41) is 4.07. The monoisotopic (exact) mass is 346 g/mol. The van der Waals surface area contributed by atoms with Crippen molar-refractivity contribution in [3.8, 4) is 0 Å². The first-order valence-corrected chi connectivity index (χ1v) is 9.05. The molecule has 4 heteroatoms. The summed E-state index contributed by atoms with van der Waals surface area (Å²) >= 11 is 1.64. The van der Waals surface area contributed by atoms with Gasteiger partial charge in [0.25, 0.3) is 0 Å². The number of thiophene rings is 1. The zero-order valence-corrected chi connectivity index (χ0v) is 14.7. The molecule has 0 bridgehead atoms. The Labute approximate surface area is 150 Å². The van der Waals surface area contributed by atoms with Crippen LogP contribution in [-0.4, -0.2) is 17.8 Å². The van der Waals surface area contributed by atoms with Gasteiger partial charge in [0.1, 0.15) is 6.04 Å². The Hall–Kier alpha value is -2.85. The SMILES string of the molecule is CN(c1cccs1)C(C(=O)c1c[nH]c2ccccc12)c1ccccc1. The minimum absolute atomic E-state index is 0.0968. The zero-order valence-electron chi connectivity index (χ0n) is 13.8. The molecule has 0 amide bonds. The first-order chi connectivity index (χ1) is 12.3. The number of para-hydroxylation sites is 1. The number of nitrogens with one attached hydrogen (secondary N) is 1. The summed E-state index contributed by atoms with van der Waals surface area (Å²) in [6.45, 7) is 0.